The summed E-state index contributed by atoms with van der Waals surface area (Å²) in [5.74, 6) is -1.55. The molecule has 2 atom stereocenters. The fourth-order valence-electron chi connectivity index (χ4n) is 1.27. The van der Waals surface area contributed by atoms with Crippen molar-refractivity contribution in [3.05, 3.63) is 30.3 Å². The number of rotatable bonds is 6. The number of benzene rings is 1. The summed E-state index contributed by atoms with van der Waals surface area (Å²) in [5.41, 5.74) is 0. The van der Waals surface area contributed by atoms with Crippen LogP contribution in [0.3, 0.4) is 0 Å². The van der Waals surface area contributed by atoms with E-state index in [0.29, 0.717) is 0 Å². The van der Waals surface area contributed by atoms with Gasteiger partial charge in [-0.25, -0.2) is 4.79 Å². The summed E-state index contributed by atoms with van der Waals surface area (Å²) < 4.78 is 0. The van der Waals surface area contributed by atoms with Crippen LogP contribution in [0.5, 0.6) is 0 Å². The van der Waals surface area contributed by atoms with Gasteiger partial charge >= 0.3 is 5.97 Å². The van der Waals surface area contributed by atoms with Gasteiger partial charge in [-0.3, -0.25) is 4.79 Å². The van der Waals surface area contributed by atoms with Crippen molar-refractivity contribution in [2.75, 3.05) is 5.75 Å². The van der Waals surface area contributed by atoms with Crippen molar-refractivity contribution in [1.82, 2.24) is 5.32 Å². The van der Waals surface area contributed by atoms with E-state index in [9.17, 15) is 14.7 Å². The van der Waals surface area contributed by atoms with Crippen LogP contribution >= 0.6 is 11.8 Å². The molecule has 0 saturated heterocycles. The summed E-state index contributed by atoms with van der Waals surface area (Å²) in [6.45, 7) is 1.32. The fourth-order valence-corrected chi connectivity index (χ4v) is 2.00. The van der Waals surface area contributed by atoms with Gasteiger partial charge in [0, 0.05) is 4.90 Å². The molecule has 0 aromatic heterocycles. The number of amides is 1. The lowest BCUT2D eigenvalue weighted by Gasteiger charge is -2.16. The van der Waals surface area contributed by atoms with Crippen LogP contribution in [0.4, 0.5) is 0 Å². The molecule has 5 nitrogen and oxygen atoms in total. The number of carbonyl (C=O) groups excluding carboxylic acids is 1. The minimum Gasteiger partial charge on any atom is -0.480 e. The Kier molecular flexibility index (Phi) is 5.67. The smallest absolute Gasteiger partial charge is 0.328 e. The summed E-state index contributed by atoms with van der Waals surface area (Å²) in [7, 11) is 0. The lowest BCUT2D eigenvalue weighted by Crippen LogP contribution is -2.48. The highest BCUT2D eigenvalue weighted by Gasteiger charge is 2.24. The molecule has 0 heterocycles. The van der Waals surface area contributed by atoms with E-state index >= 15 is 0 Å². The molecule has 18 heavy (non-hydrogen) atoms. The van der Waals surface area contributed by atoms with E-state index in [2.05, 4.69) is 5.32 Å². The molecule has 1 rings (SSSR count). The summed E-state index contributed by atoms with van der Waals surface area (Å²) in [4.78, 5) is 23.2. The van der Waals surface area contributed by atoms with Gasteiger partial charge in [-0.15, -0.1) is 11.8 Å². The maximum atomic E-state index is 11.5. The summed E-state index contributed by atoms with van der Waals surface area (Å²) >= 11 is 1.31. The summed E-state index contributed by atoms with van der Waals surface area (Å²) in [5, 5.41) is 20.3. The van der Waals surface area contributed by atoms with Gasteiger partial charge in [-0.2, -0.15) is 0 Å². The second-order valence-corrected chi connectivity index (χ2v) is 4.77. The highest BCUT2D eigenvalue weighted by atomic mass is 32.2. The third-order valence-corrected chi connectivity index (χ3v) is 3.19. The SMILES string of the molecule is C[C@@H](O)[C@H](NC(=O)CSc1ccccc1)C(=O)O. The Bertz CT molecular complexity index is 408. The molecule has 0 radical (unpaired) electrons. The number of thioether (sulfide) groups is 1. The zero-order valence-corrected chi connectivity index (χ0v) is 10.7. The average molecular weight is 269 g/mol. The van der Waals surface area contributed by atoms with E-state index < -0.39 is 24.0 Å². The largest absolute Gasteiger partial charge is 0.480 e. The van der Waals surface area contributed by atoms with Gasteiger partial charge in [0.1, 0.15) is 0 Å². The van der Waals surface area contributed by atoms with E-state index in [0.717, 1.165) is 4.90 Å². The minimum atomic E-state index is -1.27. The number of carboxylic acids is 1. The van der Waals surface area contributed by atoms with E-state index in [4.69, 9.17) is 5.11 Å². The lowest BCUT2D eigenvalue weighted by atomic mass is 10.2. The minimum absolute atomic E-state index is 0.112. The van der Waals surface area contributed by atoms with Crippen LogP contribution in [0.15, 0.2) is 35.2 Å². The number of carboxylic acid groups (broad SMARTS) is 1. The van der Waals surface area contributed by atoms with Crippen molar-refractivity contribution in [2.45, 2.75) is 24.0 Å². The Hall–Kier alpha value is -1.53. The lowest BCUT2D eigenvalue weighted by molar-refractivity contribution is -0.144. The van der Waals surface area contributed by atoms with Crippen LogP contribution in [-0.4, -0.2) is 40.0 Å². The topological polar surface area (TPSA) is 86.6 Å². The highest BCUT2D eigenvalue weighted by Crippen LogP contribution is 2.16. The molecular formula is C12H15NO4S. The van der Waals surface area contributed by atoms with Gasteiger partial charge < -0.3 is 15.5 Å². The van der Waals surface area contributed by atoms with Crippen LogP contribution in [0.25, 0.3) is 0 Å². The monoisotopic (exact) mass is 269 g/mol. The molecule has 0 aliphatic rings. The predicted octanol–water partition coefficient (Wildman–Crippen LogP) is 0.729. The number of hydrogen-bond donors (Lipinski definition) is 3. The van der Waals surface area contributed by atoms with Crippen molar-refractivity contribution in [1.29, 1.82) is 0 Å². The molecule has 0 bridgehead atoms. The average Bonchev–Trinajstić information content (AvgIpc) is 2.34. The molecule has 1 aromatic rings. The van der Waals surface area contributed by atoms with Gasteiger partial charge in [0.15, 0.2) is 6.04 Å². The third-order valence-electron chi connectivity index (χ3n) is 2.18. The molecule has 1 amide bonds. The fraction of sp³-hybridized carbons (Fsp3) is 0.333. The van der Waals surface area contributed by atoms with Crippen molar-refractivity contribution < 1.29 is 19.8 Å². The molecule has 0 aliphatic heterocycles. The molecule has 1 aromatic carbocycles. The standard InChI is InChI=1S/C12H15NO4S/c1-8(14)11(12(16)17)13-10(15)7-18-9-5-3-2-4-6-9/h2-6,8,11,14H,7H2,1H3,(H,13,15)(H,16,17)/t8-,11+/m1/s1. The van der Waals surface area contributed by atoms with Crippen molar-refractivity contribution in [2.24, 2.45) is 0 Å². The normalized spacial score (nSPS) is 13.7. The number of aliphatic hydroxyl groups excluding tert-OH is 1. The van der Waals surface area contributed by atoms with Gasteiger partial charge in [0.05, 0.1) is 11.9 Å². The molecule has 0 spiro atoms. The first kappa shape index (κ1) is 14.5. The maximum Gasteiger partial charge on any atom is 0.328 e. The Morgan fingerprint density at radius 3 is 2.44 bits per heavy atom. The summed E-state index contributed by atoms with van der Waals surface area (Å²) in [6.07, 6.45) is -1.13. The quantitative estimate of drug-likeness (QED) is 0.663. The maximum absolute atomic E-state index is 11.5. The third kappa shape index (κ3) is 4.77. The first-order valence-electron chi connectivity index (χ1n) is 5.39. The molecule has 3 N–H and O–H groups in total. The molecule has 0 fully saturated rings. The Balaban J connectivity index is 2.44. The first-order chi connectivity index (χ1) is 8.50. The summed E-state index contributed by atoms with van der Waals surface area (Å²) in [6, 6.07) is 8.04. The highest BCUT2D eigenvalue weighted by molar-refractivity contribution is 8.00. The Morgan fingerprint density at radius 1 is 1.33 bits per heavy atom. The molecule has 98 valence electrons. The van der Waals surface area contributed by atoms with Crippen molar-refractivity contribution >= 4 is 23.6 Å². The van der Waals surface area contributed by atoms with Gasteiger partial charge in [-0.1, -0.05) is 18.2 Å². The zero-order valence-electron chi connectivity index (χ0n) is 9.87. The Morgan fingerprint density at radius 2 is 1.94 bits per heavy atom. The van der Waals surface area contributed by atoms with Gasteiger partial charge in [-0.05, 0) is 19.1 Å². The molecule has 6 heteroatoms. The van der Waals surface area contributed by atoms with Crippen LogP contribution in [-0.2, 0) is 9.59 Å². The van der Waals surface area contributed by atoms with Crippen LogP contribution in [0.2, 0.25) is 0 Å². The molecular weight excluding hydrogens is 254 g/mol. The van der Waals surface area contributed by atoms with E-state index in [-0.39, 0.29) is 5.75 Å². The van der Waals surface area contributed by atoms with Crippen molar-refractivity contribution in [3.63, 3.8) is 0 Å². The van der Waals surface area contributed by atoms with Gasteiger partial charge in [0.25, 0.3) is 0 Å². The van der Waals surface area contributed by atoms with Crippen LogP contribution < -0.4 is 5.32 Å². The zero-order chi connectivity index (χ0) is 13.5. The Labute approximate surface area is 109 Å². The number of aliphatic carboxylic acids is 1. The van der Waals surface area contributed by atoms with Crippen LogP contribution in [0.1, 0.15) is 6.92 Å². The molecule has 0 unspecified atom stereocenters. The van der Waals surface area contributed by atoms with E-state index in [1.54, 1.807) is 0 Å². The number of hydrogen-bond acceptors (Lipinski definition) is 4. The predicted molar refractivity (Wildman–Crippen MR) is 68.4 cm³/mol. The number of carbonyl (C=O) groups is 2. The number of nitrogens with one attached hydrogen (secondary N) is 1. The van der Waals surface area contributed by atoms with Crippen molar-refractivity contribution in [3.8, 4) is 0 Å². The van der Waals surface area contributed by atoms with E-state index in [1.165, 1.54) is 18.7 Å². The molecule has 0 aliphatic carbocycles. The number of aliphatic hydroxyl groups is 1. The van der Waals surface area contributed by atoms with Crippen LogP contribution in [0, 0.1) is 0 Å². The van der Waals surface area contributed by atoms with E-state index in [1.807, 2.05) is 30.3 Å². The first-order valence-corrected chi connectivity index (χ1v) is 6.37. The second kappa shape index (κ2) is 7.03. The van der Waals surface area contributed by atoms with Gasteiger partial charge in [0.2, 0.25) is 5.91 Å². The second-order valence-electron chi connectivity index (χ2n) is 3.73. The molecule has 0 saturated carbocycles.